The first-order valence-electron chi connectivity index (χ1n) is 6.95. The fraction of sp³-hybridized carbons (Fsp3) is 0.176. The van der Waals surface area contributed by atoms with Gasteiger partial charge in [-0.3, -0.25) is 9.36 Å². The Balaban J connectivity index is 2.38. The normalized spacial score (nSPS) is 11.3. The predicted octanol–water partition coefficient (Wildman–Crippen LogP) is 4.95. The van der Waals surface area contributed by atoms with Gasteiger partial charge in [0.05, 0.1) is 10.9 Å². The van der Waals surface area contributed by atoms with Gasteiger partial charge in [0.1, 0.15) is 5.82 Å². The number of hydrogen-bond donors (Lipinski definition) is 0. The molecule has 0 aliphatic rings. The van der Waals surface area contributed by atoms with Crippen LogP contribution in [-0.2, 0) is 0 Å². The summed E-state index contributed by atoms with van der Waals surface area (Å²) in [6.45, 7) is 3.91. The number of halogens is 2. The van der Waals surface area contributed by atoms with Crippen molar-refractivity contribution in [2.45, 2.75) is 19.9 Å². The van der Waals surface area contributed by atoms with Crippen molar-refractivity contribution in [3.63, 3.8) is 0 Å². The van der Waals surface area contributed by atoms with Crippen molar-refractivity contribution >= 4 is 34.1 Å². The maximum Gasteiger partial charge on any atom is 0.261 e. The van der Waals surface area contributed by atoms with Crippen LogP contribution < -0.4 is 5.56 Å². The summed E-state index contributed by atoms with van der Waals surface area (Å²) in [5.74, 6) is 0.631. The fourth-order valence-corrected chi connectivity index (χ4v) is 2.75. The summed E-state index contributed by atoms with van der Waals surface area (Å²) in [5, 5.41) is 1.70. The van der Waals surface area contributed by atoms with E-state index < -0.39 is 0 Å². The first kappa shape index (κ1) is 15.1. The molecule has 0 N–H and O–H groups in total. The highest BCUT2D eigenvalue weighted by atomic mass is 35.5. The molecule has 0 saturated carbocycles. The van der Waals surface area contributed by atoms with Crippen LogP contribution in [0.25, 0.3) is 22.3 Å². The molecule has 0 aliphatic carbocycles. The van der Waals surface area contributed by atoms with Gasteiger partial charge in [-0.2, -0.15) is 0 Å². The highest BCUT2D eigenvalue weighted by molar-refractivity contribution is 6.31. The van der Waals surface area contributed by atoms with Crippen molar-refractivity contribution in [2.75, 3.05) is 0 Å². The molecule has 0 radical (unpaired) electrons. The van der Waals surface area contributed by atoms with Crippen molar-refractivity contribution in [3.05, 3.63) is 62.9 Å². The second-order valence-electron chi connectivity index (χ2n) is 5.37. The Morgan fingerprint density at radius 1 is 1.00 bits per heavy atom. The van der Waals surface area contributed by atoms with E-state index in [0.29, 0.717) is 26.8 Å². The van der Waals surface area contributed by atoms with Crippen molar-refractivity contribution in [3.8, 4) is 11.4 Å². The van der Waals surface area contributed by atoms with Crippen molar-refractivity contribution in [2.24, 2.45) is 0 Å². The van der Waals surface area contributed by atoms with Crippen LogP contribution in [0.5, 0.6) is 0 Å². The van der Waals surface area contributed by atoms with Crippen LogP contribution in [0.3, 0.4) is 0 Å². The summed E-state index contributed by atoms with van der Waals surface area (Å²) in [5.41, 5.74) is 1.40. The van der Waals surface area contributed by atoms with Gasteiger partial charge in [-0.05, 0) is 56.3 Å². The third-order valence-corrected chi connectivity index (χ3v) is 3.97. The molecule has 0 fully saturated rings. The molecule has 0 spiro atoms. The molecule has 0 unspecified atom stereocenters. The number of fused-ring (bicyclic) bond motifs is 1. The Hall–Kier alpha value is -1.84. The average Bonchev–Trinajstić information content (AvgIpc) is 2.48. The van der Waals surface area contributed by atoms with Crippen LogP contribution in [0, 0.1) is 0 Å². The molecule has 0 aliphatic heterocycles. The lowest BCUT2D eigenvalue weighted by atomic mass is 10.1. The van der Waals surface area contributed by atoms with Gasteiger partial charge in [-0.15, -0.1) is 0 Å². The maximum absolute atomic E-state index is 12.8. The number of nitrogens with zero attached hydrogens (tertiary/aromatic N) is 2. The highest BCUT2D eigenvalue weighted by Gasteiger charge is 2.15. The minimum atomic E-state index is -0.0903. The largest absolute Gasteiger partial charge is 0.290 e. The third kappa shape index (κ3) is 2.62. The van der Waals surface area contributed by atoms with Gasteiger partial charge in [-0.25, -0.2) is 4.98 Å². The van der Waals surface area contributed by atoms with Gasteiger partial charge >= 0.3 is 0 Å². The number of rotatable bonds is 2. The molecule has 0 bridgehead atoms. The van der Waals surface area contributed by atoms with Crippen molar-refractivity contribution in [1.82, 2.24) is 9.55 Å². The highest BCUT2D eigenvalue weighted by Crippen LogP contribution is 2.24. The molecule has 1 heterocycles. The molecule has 3 nitrogen and oxygen atoms in total. The predicted molar refractivity (Wildman–Crippen MR) is 91.8 cm³/mol. The third-order valence-electron chi connectivity index (χ3n) is 3.48. The Labute approximate surface area is 138 Å². The smallest absolute Gasteiger partial charge is 0.261 e. The molecular weight excluding hydrogens is 319 g/mol. The molecule has 5 heteroatoms. The molecule has 2 aromatic carbocycles. The van der Waals surface area contributed by atoms with E-state index in [1.807, 2.05) is 26.0 Å². The minimum Gasteiger partial charge on any atom is -0.290 e. The molecule has 0 atom stereocenters. The van der Waals surface area contributed by atoms with E-state index in [2.05, 4.69) is 4.98 Å². The van der Waals surface area contributed by atoms with E-state index in [0.717, 1.165) is 5.56 Å². The van der Waals surface area contributed by atoms with Crippen molar-refractivity contribution in [1.29, 1.82) is 0 Å². The Kier molecular flexibility index (Phi) is 3.94. The van der Waals surface area contributed by atoms with Crippen LogP contribution in [0.2, 0.25) is 10.0 Å². The Bertz CT molecular complexity index is 899. The molecule has 3 rings (SSSR count). The Morgan fingerprint density at radius 2 is 1.64 bits per heavy atom. The average molecular weight is 333 g/mol. The molecular formula is C17H14Cl2N2O. The van der Waals surface area contributed by atoms with Gasteiger partial charge in [0.25, 0.3) is 5.56 Å². The van der Waals surface area contributed by atoms with E-state index >= 15 is 0 Å². The number of benzene rings is 2. The van der Waals surface area contributed by atoms with Crippen molar-refractivity contribution < 1.29 is 0 Å². The van der Waals surface area contributed by atoms with E-state index in [4.69, 9.17) is 23.2 Å². The maximum atomic E-state index is 12.8. The monoisotopic (exact) mass is 332 g/mol. The SMILES string of the molecule is CC(C)n1c(-c2ccc(Cl)cc2)nc2ccc(Cl)cc2c1=O. The van der Waals surface area contributed by atoms with Crippen LogP contribution in [0.4, 0.5) is 0 Å². The molecule has 1 aromatic heterocycles. The molecule has 0 amide bonds. The zero-order valence-corrected chi connectivity index (χ0v) is 13.7. The first-order chi connectivity index (χ1) is 10.5. The fourth-order valence-electron chi connectivity index (χ4n) is 2.45. The zero-order valence-electron chi connectivity index (χ0n) is 12.2. The second kappa shape index (κ2) is 5.75. The lowest BCUT2D eigenvalue weighted by molar-refractivity contribution is 0.581. The first-order valence-corrected chi connectivity index (χ1v) is 7.70. The summed E-state index contributed by atoms with van der Waals surface area (Å²) < 4.78 is 1.68. The van der Waals surface area contributed by atoms with Gasteiger partial charge < -0.3 is 0 Å². The second-order valence-corrected chi connectivity index (χ2v) is 6.25. The van der Waals surface area contributed by atoms with Crippen LogP contribution >= 0.6 is 23.2 Å². The summed E-state index contributed by atoms with van der Waals surface area (Å²) in [6.07, 6.45) is 0. The van der Waals surface area contributed by atoms with Crippen LogP contribution in [0.15, 0.2) is 47.3 Å². The van der Waals surface area contributed by atoms with Crippen LogP contribution in [-0.4, -0.2) is 9.55 Å². The van der Waals surface area contributed by atoms with Gasteiger partial charge in [0.15, 0.2) is 0 Å². The molecule has 0 saturated heterocycles. The number of hydrogen-bond acceptors (Lipinski definition) is 2. The summed E-state index contributed by atoms with van der Waals surface area (Å²) >= 11 is 11.9. The van der Waals surface area contributed by atoms with E-state index in [1.165, 1.54) is 0 Å². The summed E-state index contributed by atoms with van der Waals surface area (Å²) in [7, 11) is 0. The quantitative estimate of drug-likeness (QED) is 0.665. The topological polar surface area (TPSA) is 34.9 Å². The molecule has 112 valence electrons. The van der Waals surface area contributed by atoms with E-state index in [1.54, 1.807) is 34.9 Å². The van der Waals surface area contributed by atoms with E-state index in [-0.39, 0.29) is 11.6 Å². The number of aromatic nitrogens is 2. The lowest BCUT2D eigenvalue weighted by Gasteiger charge is -2.17. The van der Waals surface area contributed by atoms with Crippen LogP contribution in [0.1, 0.15) is 19.9 Å². The Morgan fingerprint density at radius 3 is 2.27 bits per heavy atom. The molecule has 22 heavy (non-hydrogen) atoms. The molecule has 3 aromatic rings. The summed E-state index contributed by atoms with van der Waals surface area (Å²) in [4.78, 5) is 17.5. The van der Waals surface area contributed by atoms with Gasteiger partial charge in [0.2, 0.25) is 0 Å². The minimum absolute atomic E-state index is 0.0194. The summed E-state index contributed by atoms with van der Waals surface area (Å²) in [6, 6.07) is 12.5. The standard InChI is InChI=1S/C17H14Cl2N2O/c1-10(2)21-16(11-3-5-12(18)6-4-11)20-15-8-7-13(19)9-14(15)17(21)22/h3-10H,1-2H3. The van der Waals surface area contributed by atoms with Gasteiger partial charge in [-0.1, -0.05) is 23.2 Å². The lowest BCUT2D eigenvalue weighted by Crippen LogP contribution is -2.25. The van der Waals surface area contributed by atoms with Gasteiger partial charge in [0, 0.05) is 21.7 Å². The van der Waals surface area contributed by atoms with E-state index in [9.17, 15) is 4.79 Å². The zero-order chi connectivity index (χ0) is 15.9.